The molecule has 5 heteroatoms. The minimum absolute atomic E-state index is 0.158. The van der Waals surface area contributed by atoms with Crippen molar-refractivity contribution in [1.82, 2.24) is 9.88 Å². The summed E-state index contributed by atoms with van der Waals surface area (Å²) in [4.78, 5) is 17.5. The lowest BCUT2D eigenvalue weighted by Gasteiger charge is -2.04. The molecule has 0 saturated carbocycles. The molecule has 0 atom stereocenters. The normalized spacial score (nSPS) is 11.1. The molecule has 1 aromatic heterocycles. The molecule has 0 radical (unpaired) electrons. The third-order valence-electron chi connectivity index (χ3n) is 2.04. The van der Waals surface area contributed by atoms with Crippen molar-refractivity contribution in [2.45, 2.75) is 6.54 Å². The van der Waals surface area contributed by atoms with Gasteiger partial charge in [-0.3, -0.25) is 9.78 Å². The van der Waals surface area contributed by atoms with Gasteiger partial charge in [0.15, 0.2) is 0 Å². The third kappa shape index (κ3) is 5.24. The fourth-order valence-electron chi connectivity index (χ4n) is 1.17. The zero-order valence-electron chi connectivity index (χ0n) is 10.2. The Bertz CT molecular complexity index is 384. The second kappa shape index (κ2) is 6.78. The number of rotatable bonds is 5. The van der Waals surface area contributed by atoms with Crippen molar-refractivity contribution in [3.05, 3.63) is 36.2 Å². The predicted octanol–water partition coefficient (Wildman–Crippen LogP) is 0.597. The SMILES string of the molecule is CN(C)CC=CC(=O)Nc1ccc(CN)nc1. The van der Waals surface area contributed by atoms with E-state index in [2.05, 4.69) is 10.3 Å². The maximum absolute atomic E-state index is 11.5. The minimum Gasteiger partial charge on any atom is -0.325 e. The molecule has 0 aromatic carbocycles. The maximum atomic E-state index is 11.5. The molecule has 0 unspecified atom stereocenters. The van der Waals surface area contributed by atoms with Crippen LogP contribution in [0.4, 0.5) is 5.69 Å². The predicted molar refractivity (Wildman–Crippen MR) is 68.5 cm³/mol. The molecule has 5 nitrogen and oxygen atoms in total. The number of nitrogens with zero attached hydrogens (tertiary/aromatic N) is 2. The number of nitrogens with two attached hydrogens (primary N) is 1. The third-order valence-corrected chi connectivity index (χ3v) is 2.04. The summed E-state index contributed by atoms with van der Waals surface area (Å²) >= 11 is 0. The summed E-state index contributed by atoms with van der Waals surface area (Å²) in [5.74, 6) is -0.158. The van der Waals surface area contributed by atoms with Gasteiger partial charge in [-0.1, -0.05) is 6.08 Å². The first kappa shape index (κ1) is 13.3. The number of carbonyl (C=O) groups is 1. The minimum atomic E-state index is -0.158. The fraction of sp³-hybridized carbons (Fsp3) is 0.333. The highest BCUT2D eigenvalue weighted by Gasteiger charge is 1.98. The molecule has 0 aliphatic carbocycles. The lowest BCUT2D eigenvalue weighted by atomic mass is 10.3. The van der Waals surface area contributed by atoms with E-state index in [9.17, 15) is 4.79 Å². The van der Waals surface area contributed by atoms with Crippen LogP contribution in [0.3, 0.4) is 0 Å². The van der Waals surface area contributed by atoms with Crippen molar-refractivity contribution < 1.29 is 4.79 Å². The maximum Gasteiger partial charge on any atom is 0.248 e. The first-order chi connectivity index (χ1) is 8.11. The van der Waals surface area contributed by atoms with Crippen LogP contribution in [0, 0.1) is 0 Å². The number of likely N-dealkylation sites (N-methyl/N-ethyl adjacent to an activating group) is 1. The second-order valence-electron chi connectivity index (χ2n) is 3.90. The van der Waals surface area contributed by atoms with Gasteiger partial charge in [0, 0.05) is 19.2 Å². The van der Waals surface area contributed by atoms with E-state index < -0.39 is 0 Å². The molecule has 92 valence electrons. The number of carbonyl (C=O) groups excluding carboxylic acids is 1. The molecule has 0 saturated heterocycles. The Labute approximate surface area is 101 Å². The van der Waals surface area contributed by atoms with Crippen LogP contribution in [0.1, 0.15) is 5.69 Å². The summed E-state index contributed by atoms with van der Waals surface area (Å²) in [6, 6.07) is 3.58. The number of pyridine rings is 1. The smallest absolute Gasteiger partial charge is 0.248 e. The molecule has 17 heavy (non-hydrogen) atoms. The quantitative estimate of drug-likeness (QED) is 0.732. The highest BCUT2D eigenvalue weighted by Crippen LogP contribution is 2.05. The van der Waals surface area contributed by atoms with E-state index in [4.69, 9.17) is 5.73 Å². The van der Waals surface area contributed by atoms with Gasteiger partial charge in [0.25, 0.3) is 0 Å². The fourth-order valence-corrected chi connectivity index (χ4v) is 1.17. The molecule has 1 amide bonds. The second-order valence-corrected chi connectivity index (χ2v) is 3.90. The van der Waals surface area contributed by atoms with E-state index in [1.165, 1.54) is 6.08 Å². The lowest BCUT2D eigenvalue weighted by molar-refractivity contribution is -0.111. The van der Waals surface area contributed by atoms with Crippen molar-refractivity contribution >= 4 is 11.6 Å². The van der Waals surface area contributed by atoms with Crippen LogP contribution in [0.15, 0.2) is 30.5 Å². The van der Waals surface area contributed by atoms with Gasteiger partial charge in [-0.25, -0.2) is 0 Å². The van der Waals surface area contributed by atoms with Gasteiger partial charge < -0.3 is 16.0 Å². The van der Waals surface area contributed by atoms with Gasteiger partial charge >= 0.3 is 0 Å². The van der Waals surface area contributed by atoms with Crippen molar-refractivity contribution in [3.8, 4) is 0 Å². The average molecular weight is 234 g/mol. The van der Waals surface area contributed by atoms with Crippen LogP contribution in [-0.4, -0.2) is 36.4 Å². The van der Waals surface area contributed by atoms with Crippen molar-refractivity contribution in [1.29, 1.82) is 0 Å². The van der Waals surface area contributed by atoms with Crippen LogP contribution in [-0.2, 0) is 11.3 Å². The molecule has 1 rings (SSSR count). The Morgan fingerprint density at radius 2 is 2.29 bits per heavy atom. The first-order valence-electron chi connectivity index (χ1n) is 5.39. The van der Waals surface area contributed by atoms with Gasteiger partial charge in [-0.15, -0.1) is 0 Å². The number of hydrogen-bond acceptors (Lipinski definition) is 4. The van der Waals surface area contributed by atoms with E-state index in [0.29, 0.717) is 12.2 Å². The van der Waals surface area contributed by atoms with E-state index in [0.717, 1.165) is 12.2 Å². The van der Waals surface area contributed by atoms with Crippen LogP contribution in [0.2, 0.25) is 0 Å². The van der Waals surface area contributed by atoms with Crippen LogP contribution in [0.25, 0.3) is 0 Å². The molecule has 3 N–H and O–H groups in total. The molecular formula is C12H18N4O. The molecule has 0 aliphatic heterocycles. The van der Waals surface area contributed by atoms with E-state index in [-0.39, 0.29) is 5.91 Å². The largest absolute Gasteiger partial charge is 0.325 e. The summed E-state index contributed by atoms with van der Waals surface area (Å²) in [7, 11) is 3.88. The Morgan fingerprint density at radius 1 is 1.53 bits per heavy atom. The number of anilines is 1. The first-order valence-corrected chi connectivity index (χ1v) is 5.39. The van der Waals surface area contributed by atoms with E-state index >= 15 is 0 Å². The highest BCUT2D eigenvalue weighted by atomic mass is 16.1. The van der Waals surface area contributed by atoms with Crippen LogP contribution in [0.5, 0.6) is 0 Å². The van der Waals surface area contributed by atoms with Gasteiger partial charge in [0.2, 0.25) is 5.91 Å². The van der Waals surface area contributed by atoms with Crippen LogP contribution >= 0.6 is 0 Å². The monoisotopic (exact) mass is 234 g/mol. The number of amides is 1. The Morgan fingerprint density at radius 3 is 2.82 bits per heavy atom. The topological polar surface area (TPSA) is 71.2 Å². The van der Waals surface area contributed by atoms with Crippen molar-refractivity contribution in [2.24, 2.45) is 5.73 Å². The Balaban J connectivity index is 2.47. The van der Waals surface area contributed by atoms with E-state index in [1.54, 1.807) is 24.4 Å². The van der Waals surface area contributed by atoms with Crippen molar-refractivity contribution in [3.63, 3.8) is 0 Å². The van der Waals surface area contributed by atoms with Gasteiger partial charge in [-0.05, 0) is 26.2 Å². The molecule has 0 aliphatic rings. The highest BCUT2D eigenvalue weighted by molar-refractivity contribution is 5.99. The van der Waals surface area contributed by atoms with Gasteiger partial charge in [-0.2, -0.15) is 0 Å². The van der Waals surface area contributed by atoms with Crippen molar-refractivity contribution in [2.75, 3.05) is 26.0 Å². The molecule has 1 aromatic rings. The Hall–Kier alpha value is -1.72. The number of aromatic nitrogens is 1. The average Bonchev–Trinajstić information content (AvgIpc) is 2.29. The zero-order valence-corrected chi connectivity index (χ0v) is 10.2. The zero-order chi connectivity index (χ0) is 12.7. The molecule has 0 fully saturated rings. The number of hydrogen-bond donors (Lipinski definition) is 2. The summed E-state index contributed by atoms with van der Waals surface area (Å²) in [6.45, 7) is 1.13. The van der Waals surface area contributed by atoms with Crippen LogP contribution < -0.4 is 11.1 Å². The number of nitrogens with one attached hydrogen (secondary N) is 1. The Kier molecular flexibility index (Phi) is 5.32. The summed E-state index contributed by atoms with van der Waals surface area (Å²) in [5.41, 5.74) is 6.90. The molecular weight excluding hydrogens is 216 g/mol. The standard InChI is InChI=1S/C12H18N4O/c1-16(2)7-3-4-12(17)15-11-6-5-10(8-13)14-9-11/h3-6,9H,7-8,13H2,1-2H3,(H,15,17). The van der Waals surface area contributed by atoms with E-state index in [1.807, 2.05) is 19.0 Å². The lowest BCUT2D eigenvalue weighted by Crippen LogP contribution is -2.13. The molecule has 1 heterocycles. The van der Waals surface area contributed by atoms with Gasteiger partial charge in [0.05, 0.1) is 17.6 Å². The van der Waals surface area contributed by atoms with Gasteiger partial charge in [0.1, 0.15) is 0 Å². The summed E-state index contributed by atoms with van der Waals surface area (Å²) in [5, 5.41) is 2.72. The summed E-state index contributed by atoms with van der Waals surface area (Å²) < 4.78 is 0. The molecule has 0 spiro atoms. The molecule has 0 bridgehead atoms. The summed E-state index contributed by atoms with van der Waals surface area (Å²) in [6.07, 6.45) is 4.91.